The molecule has 1 nitrogen and oxygen atoms in total. The third-order valence-corrected chi connectivity index (χ3v) is 2.68. The molecule has 0 aliphatic heterocycles. The van der Waals surface area contributed by atoms with Crippen LogP contribution in [0.15, 0.2) is 0 Å². The van der Waals surface area contributed by atoms with E-state index in [0.29, 0.717) is 0 Å². The van der Waals surface area contributed by atoms with Crippen LogP contribution in [0.4, 0.5) is 0 Å². The molecule has 0 atom stereocenters. The first-order valence-corrected chi connectivity index (χ1v) is 4.09. The van der Waals surface area contributed by atoms with E-state index in [1.54, 1.807) is 0 Å². The van der Waals surface area contributed by atoms with E-state index in [-0.39, 0.29) is 7.43 Å². The van der Waals surface area contributed by atoms with Crippen molar-refractivity contribution in [1.82, 2.24) is 0 Å². The molecule has 0 aliphatic rings. The molecule has 0 spiro atoms. The number of quaternary nitrogens is 1. The van der Waals surface area contributed by atoms with Crippen LogP contribution in [0.1, 0.15) is 27.7 Å². The highest BCUT2D eigenvalue weighted by molar-refractivity contribution is 4.31. The molecule has 0 N–H and O–H groups in total. The first-order chi connectivity index (χ1) is 4.24. The quantitative estimate of drug-likeness (QED) is 0.533. The van der Waals surface area contributed by atoms with Gasteiger partial charge in [-0.1, -0.05) is 7.43 Å². The van der Waals surface area contributed by atoms with E-state index in [9.17, 15) is 0 Å². The summed E-state index contributed by atoms with van der Waals surface area (Å²) in [6, 6.07) is 0. The highest BCUT2D eigenvalue weighted by atomic mass is 15.3. The molecule has 10 heavy (non-hydrogen) atoms. The fraction of sp³-hybridized carbons (Fsp3) is 0.889. The summed E-state index contributed by atoms with van der Waals surface area (Å²) in [6.45, 7) is 14.2. The number of hydrogen-bond acceptors (Lipinski definition) is 0. The smallest absolute Gasteiger partial charge is 0.0757 e. The molecule has 0 saturated heterocycles. The van der Waals surface area contributed by atoms with E-state index >= 15 is 0 Å². The molecule has 0 aliphatic carbocycles. The molecular weight excluding hydrogens is 122 g/mol. The number of nitrogens with zero attached hydrogens (tertiary/aromatic N) is 1. The molecule has 63 valence electrons. The highest BCUT2D eigenvalue weighted by Crippen LogP contribution is 2.03. The molecule has 0 saturated carbocycles. The summed E-state index contributed by atoms with van der Waals surface area (Å²) in [4.78, 5) is 0. The van der Waals surface area contributed by atoms with Gasteiger partial charge >= 0.3 is 0 Å². The molecule has 0 aromatic rings. The first-order valence-electron chi connectivity index (χ1n) is 4.09. The van der Waals surface area contributed by atoms with Crippen LogP contribution < -0.4 is 0 Å². The summed E-state index contributed by atoms with van der Waals surface area (Å²) in [7, 11) is 0. The van der Waals surface area contributed by atoms with E-state index in [1.165, 1.54) is 30.7 Å². The second kappa shape index (κ2) is 5.72. The van der Waals surface area contributed by atoms with Crippen molar-refractivity contribution < 1.29 is 4.48 Å². The highest BCUT2D eigenvalue weighted by Gasteiger charge is 2.16. The van der Waals surface area contributed by atoms with Crippen molar-refractivity contribution in [3.63, 3.8) is 0 Å². The minimum absolute atomic E-state index is 0. The molecule has 0 amide bonds. The molecule has 1 radical (unpaired) electrons. The lowest BCUT2D eigenvalue weighted by Gasteiger charge is -2.34. The van der Waals surface area contributed by atoms with Gasteiger partial charge in [0.15, 0.2) is 0 Å². The SMILES string of the molecule is CC[N+](CC)(CC)CC.[CH3]. The number of hydrogen-bond donors (Lipinski definition) is 0. The Morgan fingerprint density at radius 3 is 0.900 bits per heavy atom. The lowest BCUT2D eigenvalue weighted by atomic mass is 10.3. The fourth-order valence-corrected chi connectivity index (χ4v) is 1.34. The van der Waals surface area contributed by atoms with Gasteiger partial charge in [0, 0.05) is 0 Å². The maximum atomic E-state index is 2.27. The van der Waals surface area contributed by atoms with E-state index < -0.39 is 0 Å². The Labute approximate surface area is 66.6 Å². The summed E-state index contributed by atoms with van der Waals surface area (Å²) in [5.41, 5.74) is 0. The van der Waals surface area contributed by atoms with Crippen LogP contribution in [0.3, 0.4) is 0 Å². The summed E-state index contributed by atoms with van der Waals surface area (Å²) in [5, 5.41) is 0. The summed E-state index contributed by atoms with van der Waals surface area (Å²) in [5.74, 6) is 0. The van der Waals surface area contributed by atoms with E-state index in [4.69, 9.17) is 0 Å². The van der Waals surface area contributed by atoms with Crippen molar-refractivity contribution in [3.8, 4) is 0 Å². The van der Waals surface area contributed by atoms with Crippen LogP contribution in [0, 0.1) is 7.43 Å². The Hall–Kier alpha value is -0.0400. The zero-order valence-electron chi connectivity index (χ0n) is 8.28. The molecule has 1 heteroatoms. The average molecular weight is 145 g/mol. The second-order valence-electron chi connectivity index (χ2n) is 2.61. The normalized spacial score (nSPS) is 10.8. The molecule has 0 fully saturated rings. The van der Waals surface area contributed by atoms with Crippen molar-refractivity contribution in [3.05, 3.63) is 7.43 Å². The van der Waals surface area contributed by atoms with Crippen LogP contribution in [0.5, 0.6) is 0 Å². The van der Waals surface area contributed by atoms with Crippen LogP contribution in [0.2, 0.25) is 0 Å². The Balaban J connectivity index is 0. The van der Waals surface area contributed by atoms with Crippen LogP contribution >= 0.6 is 0 Å². The van der Waals surface area contributed by atoms with Crippen molar-refractivity contribution in [2.45, 2.75) is 27.7 Å². The topological polar surface area (TPSA) is 0 Å². The standard InChI is InChI=1S/C8H20N.CH3/c1-5-9(6-2,7-3)8-4;/h5-8H2,1-4H3;1H3/q+1;. The van der Waals surface area contributed by atoms with E-state index in [1.807, 2.05) is 0 Å². The van der Waals surface area contributed by atoms with Crippen molar-refractivity contribution in [2.24, 2.45) is 0 Å². The average Bonchev–Trinajstić information content (AvgIpc) is 1.95. The third-order valence-electron chi connectivity index (χ3n) is 2.68. The maximum absolute atomic E-state index is 2.27. The van der Waals surface area contributed by atoms with Gasteiger partial charge in [0.05, 0.1) is 26.2 Å². The predicted molar refractivity (Wildman–Crippen MR) is 48.8 cm³/mol. The summed E-state index contributed by atoms with van der Waals surface area (Å²) >= 11 is 0. The zero-order valence-corrected chi connectivity index (χ0v) is 8.28. The van der Waals surface area contributed by atoms with Gasteiger partial charge in [0.2, 0.25) is 0 Å². The largest absolute Gasteiger partial charge is 0.325 e. The number of rotatable bonds is 4. The Morgan fingerprint density at radius 1 is 0.700 bits per heavy atom. The molecule has 0 unspecified atom stereocenters. The molecule has 0 aromatic heterocycles. The van der Waals surface area contributed by atoms with Gasteiger partial charge in [0.1, 0.15) is 0 Å². The molecule has 0 rings (SSSR count). The van der Waals surface area contributed by atoms with Crippen molar-refractivity contribution in [2.75, 3.05) is 26.2 Å². The van der Waals surface area contributed by atoms with Crippen LogP contribution in [0.25, 0.3) is 0 Å². The van der Waals surface area contributed by atoms with Crippen LogP contribution in [-0.4, -0.2) is 30.7 Å². The van der Waals surface area contributed by atoms with Gasteiger partial charge in [-0.25, -0.2) is 0 Å². The van der Waals surface area contributed by atoms with Crippen LogP contribution in [-0.2, 0) is 0 Å². The summed E-state index contributed by atoms with van der Waals surface area (Å²) in [6.07, 6.45) is 0. The molecule has 0 heterocycles. The van der Waals surface area contributed by atoms with Crippen molar-refractivity contribution in [1.29, 1.82) is 0 Å². The maximum Gasteiger partial charge on any atom is 0.0757 e. The summed E-state index contributed by atoms with van der Waals surface area (Å²) < 4.78 is 1.28. The Morgan fingerprint density at radius 2 is 0.900 bits per heavy atom. The lowest BCUT2D eigenvalue weighted by molar-refractivity contribution is -0.921. The van der Waals surface area contributed by atoms with E-state index in [2.05, 4.69) is 27.7 Å². The van der Waals surface area contributed by atoms with Gasteiger partial charge in [0.25, 0.3) is 0 Å². The van der Waals surface area contributed by atoms with Crippen molar-refractivity contribution >= 4 is 0 Å². The molecule has 0 bridgehead atoms. The van der Waals surface area contributed by atoms with Gasteiger partial charge in [-0.05, 0) is 27.7 Å². The minimum atomic E-state index is 0. The predicted octanol–water partition coefficient (Wildman–Crippen LogP) is 2.33. The fourth-order valence-electron chi connectivity index (χ4n) is 1.34. The molecule has 0 aromatic carbocycles. The zero-order chi connectivity index (χ0) is 7.33. The van der Waals surface area contributed by atoms with Gasteiger partial charge in [-0.2, -0.15) is 0 Å². The van der Waals surface area contributed by atoms with Gasteiger partial charge in [-0.15, -0.1) is 0 Å². The van der Waals surface area contributed by atoms with E-state index in [0.717, 1.165) is 0 Å². The Kier molecular flexibility index (Phi) is 7.22. The monoisotopic (exact) mass is 145 g/mol. The van der Waals surface area contributed by atoms with Gasteiger partial charge in [-0.3, -0.25) is 0 Å². The third kappa shape index (κ3) is 2.70. The first kappa shape index (κ1) is 12.6. The Bertz CT molecular complexity index is 47.6. The van der Waals surface area contributed by atoms with Gasteiger partial charge < -0.3 is 4.48 Å². The lowest BCUT2D eigenvalue weighted by Crippen LogP contribution is -2.47. The molecular formula is C9H23N+. The second-order valence-corrected chi connectivity index (χ2v) is 2.61. The minimum Gasteiger partial charge on any atom is -0.325 e.